The van der Waals surface area contributed by atoms with Crippen LogP contribution in [0.4, 0.5) is 5.69 Å². The monoisotopic (exact) mass is 551 g/mol. The van der Waals surface area contributed by atoms with E-state index < -0.39 is 22.2 Å². The summed E-state index contributed by atoms with van der Waals surface area (Å²) in [4.78, 5) is 40.6. The molecule has 3 atom stereocenters. The largest absolute Gasteiger partial charge is 0.481 e. The number of piperidine rings is 1. The quantitative estimate of drug-likeness (QED) is 0.419. The molecular formula is C24H26INO4S. The number of carboxylic acid groups (broad SMARTS) is 1. The van der Waals surface area contributed by atoms with Crippen molar-refractivity contribution in [2.75, 3.05) is 4.90 Å². The Hall–Kier alpha value is -1.87. The van der Waals surface area contributed by atoms with Gasteiger partial charge in [-0.25, -0.2) is 4.90 Å². The van der Waals surface area contributed by atoms with Gasteiger partial charge in [0.15, 0.2) is 0 Å². The molecule has 4 rings (SSSR count). The van der Waals surface area contributed by atoms with Crippen molar-refractivity contribution < 1.29 is 19.5 Å². The van der Waals surface area contributed by atoms with Crippen LogP contribution in [0.25, 0.3) is 11.1 Å². The van der Waals surface area contributed by atoms with Gasteiger partial charge in [0.1, 0.15) is 0 Å². The van der Waals surface area contributed by atoms with E-state index in [1.54, 1.807) is 20.8 Å². The van der Waals surface area contributed by atoms with E-state index in [1.165, 1.54) is 4.90 Å². The average molecular weight is 551 g/mol. The lowest BCUT2D eigenvalue weighted by Crippen LogP contribution is -2.64. The Morgan fingerprint density at radius 3 is 1.97 bits per heavy atom. The van der Waals surface area contributed by atoms with Crippen molar-refractivity contribution in [3.63, 3.8) is 0 Å². The van der Waals surface area contributed by atoms with E-state index in [0.717, 1.165) is 14.7 Å². The lowest BCUT2D eigenvalue weighted by Gasteiger charge is -2.55. The molecule has 164 valence electrons. The standard InChI is InChI=1S/C24H24INO4.H2S/c1-22-12-23(2,14-24(3,13-22)21(29)30)20(28)26(19(22)27)18-11-16(9-10-17(18)25)15-7-5-4-6-8-15;/h4-11H,12-14H2,1-3H3,(H,29,30);1H2/t22-,23+,24?;. The van der Waals surface area contributed by atoms with Gasteiger partial charge in [0.05, 0.1) is 11.1 Å². The Morgan fingerprint density at radius 2 is 1.45 bits per heavy atom. The van der Waals surface area contributed by atoms with E-state index in [4.69, 9.17) is 0 Å². The predicted molar refractivity (Wildman–Crippen MR) is 133 cm³/mol. The van der Waals surface area contributed by atoms with Crippen LogP contribution in [0.5, 0.6) is 0 Å². The molecule has 2 amide bonds. The summed E-state index contributed by atoms with van der Waals surface area (Å²) < 4.78 is 0.808. The van der Waals surface area contributed by atoms with Crippen molar-refractivity contribution in [1.29, 1.82) is 0 Å². The molecule has 7 heteroatoms. The van der Waals surface area contributed by atoms with Crippen molar-refractivity contribution in [3.8, 4) is 11.1 Å². The second-order valence-electron chi connectivity index (χ2n) is 9.50. The third kappa shape index (κ3) is 3.80. The van der Waals surface area contributed by atoms with Crippen molar-refractivity contribution in [2.24, 2.45) is 16.2 Å². The molecule has 2 aromatic carbocycles. The first-order chi connectivity index (χ1) is 14.0. The maximum Gasteiger partial charge on any atom is 0.309 e. The van der Waals surface area contributed by atoms with Gasteiger partial charge in [-0.1, -0.05) is 50.2 Å². The van der Waals surface area contributed by atoms with Crippen LogP contribution in [0.2, 0.25) is 0 Å². The summed E-state index contributed by atoms with van der Waals surface area (Å²) in [5, 5.41) is 9.81. The third-order valence-electron chi connectivity index (χ3n) is 6.59. The Kier molecular flexibility index (Phi) is 6.08. The minimum atomic E-state index is -1.10. The van der Waals surface area contributed by atoms with Gasteiger partial charge in [-0.05, 0) is 72.0 Å². The fraction of sp³-hybridized carbons (Fsp3) is 0.375. The van der Waals surface area contributed by atoms with Crippen LogP contribution >= 0.6 is 36.1 Å². The molecule has 1 N–H and O–H groups in total. The number of benzene rings is 2. The molecule has 0 aromatic heterocycles. The predicted octanol–water partition coefficient (Wildman–Crippen LogP) is 5.23. The second-order valence-corrected chi connectivity index (χ2v) is 10.7. The van der Waals surface area contributed by atoms with Crippen molar-refractivity contribution >= 4 is 59.6 Å². The second kappa shape index (κ2) is 7.92. The number of hydrogen-bond donors (Lipinski definition) is 1. The smallest absolute Gasteiger partial charge is 0.309 e. The Balaban J connectivity index is 0.00000272. The number of rotatable bonds is 3. The topological polar surface area (TPSA) is 74.7 Å². The maximum absolute atomic E-state index is 13.6. The molecule has 0 radical (unpaired) electrons. The Labute approximate surface area is 202 Å². The molecular weight excluding hydrogens is 525 g/mol. The molecule has 1 aliphatic carbocycles. The number of halogens is 1. The average Bonchev–Trinajstić information content (AvgIpc) is 2.68. The summed E-state index contributed by atoms with van der Waals surface area (Å²) in [6.07, 6.45) is 0.830. The number of amides is 2. The van der Waals surface area contributed by atoms with Crippen LogP contribution in [0.15, 0.2) is 48.5 Å². The highest BCUT2D eigenvalue weighted by atomic mass is 127. The molecule has 2 bridgehead atoms. The zero-order chi connectivity index (χ0) is 21.9. The Morgan fingerprint density at radius 1 is 0.903 bits per heavy atom. The molecule has 0 spiro atoms. The van der Waals surface area contributed by atoms with Crippen LogP contribution in [-0.4, -0.2) is 22.9 Å². The van der Waals surface area contributed by atoms with Gasteiger partial charge in [-0.15, -0.1) is 0 Å². The molecule has 5 nitrogen and oxygen atoms in total. The van der Waals surface area contributed by atoms with Crippen molar-refractivity contribution in [3.05, 3.63) is 52.1 Å². The number of fused-ring (bicyclic) bond motifs is 2. The first kappa shape index (κ1) is 23.8. The highest BCUT2D eigenvalue weighted by Crippen LogP contribution is 2.59. The lowest BCUT2D eigenvalue weighted by atomic mass is 9.52. The number of nitrogens with zero attached hydrogens (tertiary/aromatic N) is 1. The van der Waals surface area contributed by atoms with E-state index in [2.05, 4.69) is 22.6 Å². The van der Waals surface area contributed by atoms with E-state index in [0.29, 0.717) is 12.1 Å². The van der Waals surface area contributed by atoms with E-state index in [-0.39, 0.29) is 38.2 Å². The molecule has 1 saturated carbocycles. The molecule has 2 aliphatic rings. The number of imide groups is 1. The van der Waals surface area contributed by atoms with E-state index >= 15 is 0 Å². The number of carbonyl (C=O) groups excluding carboxylic acids is 2. The van der Waals surface area contributed by atoms with Gasteiger partial charge in [0, 0.05) is 14.4 Å². The summed E-state index contributed by atoms with van der Waals surface area (Å²) in [7, 11) is 0. The summed E-state index contributed by atoms with van der Waals surface area (Å²) in [5.41, 5.74) is -0.406. The Bertz CT molecular complexity index is 1040. The fourth-order valence-electron chi connectivity index (χ4n) is 5.57. The van der Waals surface area contributed by atoms with Gasteiger partial charge >= 0.3 is 5.97 Å². The number of anilines is 1. The van der Waals surface area contributed by atoms with Crippen LogP contribution in [0.1, 0.15) is 40.0 Å². The molecule has 31 heavy (non-hydrogen) atoms. The number of aliphatic carboxylic acids is 1. The van der Waals surface area contributed by atoms with Gasteiger partial charge in [0.2, 0.25) is 11.8 Å². The SMILES string of the molecule is CC1(C(=O)O)C[C@@]2(C)C[C@@](C)(C1)C(=O)N(c1cc(-c3ccccc3)ccc1I)C2=O.S. The summed E-state index contributed by atoms with van der Waals surface area (Å²) in [6, 6.07) is 15.6. The number of carboxylic acids is 1. The first-order valence-electron chi connectivity index (χ1n) is 9.97. The van der Waals surface area contributed by atoms with Gasteiger partial charge in [-0.3, -0.25) is 14.4 Å². The van der Waals surface area contributed by atoms with E-state index in [1.807, 2.05) is 48.5 Å². The van der Waals surface area contributed by atoms with E-state index in [9.17, 15) is 19.5 Å². The molecule has 1 unspecified atom stereocenters. The summed E-state index contributed by atoms with van der Waals surface area (Å²) >= 11 is 2.15. The molecule has 1 heterocycles. The van der Waals surface area contributed by atoms with Crippen LogP contribution in [0, 0.1) is 19.8 Å². The van der Waals surface area contributed by atoms with Crippen molar-refractivity contribution in [1.82, 2.24) is 0 Å². The highest BCUT2D eigenvalue weighted by molar-refractivity contribution is 14.1. The van der Waals surface area contributed by atoms with Gasteiger partial charge < -0.3 is 5.11 Å². The molecule has 1 saturated heterocycles. The number of carbonyl (C=O) groups is 3. The van der Waals surface area contributed by atoms with Crippen molar-refractivity contribution in [2.45, 2.75) is 40.0 Å². The lowest BCUT2D eigenvalue weighted by molar-refractivity contribution is -0.167. The zero-order valence-corrected chi connectivity index (χ0v) is 20.9. The first-order valence-corrected chi connectivity index (χ1v) is 11.0. The summed E-state index contributed by atoms with van der Waals surface area (Å²) in [5.74, 6) is -1.56. The molecule has 1 aliphatic heterocycles. The molecule has 2 fully saturated rings. The van der Waals surface area contributed by atoms with Gasteiger partial charge in [-0.2, -0.15) is 13.5 Å². The van der Waals surface area contributed by atoms with Gasteiger partial charge in [0.25, 0.3) is 0 Å². The normalized spacial score (nSPS) is 30.0. The summed E-state index contributed by atoms with van der Waals surface area (Å²) in [6.45, 7) is 5.27. The third-order valence-corrected chi connectivity index (χ3v) is 7.50. The number of hydrogen-bond acceptors (Lipinski definition) is 3. The molecule has 2 aromatic rings. The van der Waals surface area contributed by atoms with Crippen LogP contribution in [0.3, 0.4) is 0 Å². The fourth-order valence-corrected chi connectivity index (χ4v) is 6.15. The highest BCUT2D eigenvalue weighted by Gasteiger charge is 2.63. The van der Waals surface area contributed by atoms with Crippen LogP contribution < -0.4 is 4.90 Å². The maximum atomic E-state index is 13.6. The zero-order valence-electron chi connectivity index (χ0n) is 17.7. The van der Waals surface area contributed by atoms with Crippen LogP contribution in [-0.2, 0) is 14.4 Å². The minimum absolute atomic E-state index is 0. The minimum Gasteiger partial charge on any atom is -0.481 e.